The number of hydrogen-bond donors (Lipinski definition) is 0. The smallest absolute Gasteiger partial charge is 0.268 e. The van der Waals surface area contributed by atoms with Crippen LogP contribution in [0.5, 0.6) is 0 Å². The lowest BCUT2D eigenvalue weighted by Gasteiger charge is -2.25. The van der Waals surface area contributed by atoms with Crippen LogP contribution in [0.2, 0.25) is 12.6 Å². The van der Waals surface area contributed by atoms with Gasteiger partial charge in [-0.3, -0.25) is 14.5 Å². The molecule has 0 radical (unpaired) electrons. The van der Waals surface area contributed by atoms with E-state index in [2.05, 4.69) is 35.1 Å². The Bertz CT molecular complexity index is 1370. The Morgan fingerprint density at radius 1 is 1.20 bits per heavy atom. The van der Waals surface area contributed by atoms with E-state index >= 15 is 0 Å². The van der Waals surface area contributed by atoms with Crippen LogP contribution in [0, 0.1) is 18.2 Å². The first-order chi connectivity index (χ1) is 14.5. The molecule has 1 aliphatic heterocycles. The maximum atomic E-state index is 13.1. The molecule has 0 N–H and O–H groups in total. The molecule has 4 heterocycles. The lowest BCUT2D eigenvalue weighted by molar-refractivity contribution is 0.445. The molecule has 7 heteroatoms. The van der Waals surface area contributed by atoms with Crippen LogP contribution in [0.4, 0.5) is 0 Å². The Balaban J connectivity index is 1.53. The number of pyridine rings is 2. The van der Waals surface area contributed by atoms with Gasteiger partial charge in [0.15, 0.2) is 0 Å². The minimum atomic E-state index is 0.00542. The van der Waals surface area contributed by atoms with Crippen LogP contribution >= 0.6 is 0 Å². The number of aryl methyl sites for hydroxylation is 2. The van der Waals surface area contributed by atoms with Gasteiger partial charge in [0, 0.05) is 48.6 Å². The maximum absolute atomic E-state index is 13.1. The van der Waals surface area contributed by atoms with Gasteiger partial charge in [-0.2, -0.15) is 5.10 Å². The van der Waals surface area contributed by atoms with Crippen molar-refractivity contribution in [3.05, 3.63) is 58.8 Å². The summed E-state index contributed by atoms with van der Waals surface area (Å²) in [5, 5.41) is 16.2. The number of benzene rings is 1. The Labute approximate surface area is 174 Å². The van der Waals surface area contributed by atoms with E-state index in [9.17, 15) is 4.79 Å². The molecule has 1 aromatic carbocycles. The minimum absolute atomic E-state index is 0.00542. The normalized spacial score (nSPS) is 15.0. The molecule has 5 rings (SSSR count). The SMILES string of the molecule is Cc1cc(-c2cc3ccn(C4CCB(C#N)CC4)c(=O)c3cn2)cc2cn(C)nc12. The quantitative estimate of drug-likeness (QED) is 0.478. The van der Waals surface area contributed by atoms with Gasteiger partial charge in [0.2, 0.25) is 0 Å². The first kappa shape index (κ1) is 18.6. The van der Waals surface area contributed by atoms with Crippen LogP contribution in [0.1, 0.15) is 24.4 Å². The van der Waals surface area contributed by atoms with E-state index in [4.69, 9.17) is 5.26 Å². The van der Waals surface area contributed by atoms with Gasteiger partial charge in [-0.05, 0) is 55.0 Å². The molecule has 6 nitrogen and oxygen atoms in total. The molecule has 0 unspecified atom stereocenters. The van der Waals surface area contributed by atoms with Crippen molar-refractivity contribution in [3.63, 3.8) is 0 Å². The molecule has 0 aliphatic carbocycles. The van der Waals surface area contributed by atoms with Gasteiger partial charge < -0.3 is 4.57 Å². The predicted octanol–water partition coefficient (Wildman–Crippen LogP) is 4.15. The molecule has 148 valence electrons. The summed E-state index contributed by atoms with van der Waals surface area (Å²) in [7, 11) is 1.92. The highest BCUT2D eigenvalue weighted by Gasteiger charge is 2.26. The second-order valence-electron chi connectivity index (χ2n) is 8.35. The van der Waals surface area contributed by atoms with E-state index in [1.165, 1.54) is 0 Å². The van der Waals surface area contributed by atoms with Gasteiger partial charge in [-0.25, -0.2) is 5.26 Å². The zero-order chi connectivity index (χ0) is 20.8. The summed E-state index contributed by atoms with van der Waals surface area (Å²) in [5.41, 5.74) is 3.98. The van der Waals surface area contributed by atoms with Crippen molar-refractivity contribution >= 4 is 28.4 Å². The molecular weight excluding hydrogens is 373 g/mol. The molecule has 30 heavy (non-hydrogen) atoms. The van der Waals surface area contributed by atoms with E-state index in [1.807, 2.05) is 40.8 Å². The van der Waals surface area contributed by atoms with E-state index in [1.54, 1.807) is 6.20 Å². The summed E-state index contributed by atoms with van der Waals surface area (Å²) < 4.78 is 3.66. The van der Waals surface area contributed by atoms with Crippen molar-refractivity contribution in [1.82, 2.24) is 19.3 Å². The lowest BCUT2D eigenvalue weighted by Crippen LogP contribution is -2.29. The molecule has 3 aromatic heterocycles. The van der Waals surface area contributed by atoms with Crippen molar-refractivity contribution < 1.29 is 0 Å². The molecule has 1 saturated heterocycles. The topological polar surface area (TPSA) is 76.5 Å². The highest BCUT2D eigenvalue weighted by molar-refractivity contribution is 6.67. The fourth-order valence-corrected chi connectivity index (χ4v) is 4.66. The Morgan fingerprint density at radius 3 is 2.77 bits per heavy atom. The fourth-order valence-electron chi connectivity index (χ4n) is 4.66. The van der Waals surface area contributed by atoms with Gasteiger partial charge in [-0.1, -0.05) is 12.6 Å². The zero-order valence-electron chi connectivity index (χ0n) is 17.2. The largest absolute Gasteiger partial charge is 0.312 e. The van der Waals surface area contributed by atoms with E-state index in [0.717, 1.165) is 58.6 Å². The average molecular weight is 395 g/mol. The van der Waals surface area contributed by atoms with Gasteiger partial charge in [0.25, 0.3) is 12.3 Å². The lowest BCUT2D eigenvalue weighted by atomic mass is 9.42. The van der Waals surface area contributed by atoms with Gasteiger partial charge in [0.05, 0.1) is 16.6 Å². The summed E-state index contributed by atoms with van der Waals surface area (Å²) in [6.45, 7) is 2.18. The Kier molecular flexibility index (Phi) is 4.43. The number of aromatic nitrogens is 4. The number of nitriles is 1. The molecule has 0 amide bonds. The highest BCUT2D eigenvalue weighted by atomic mass is 16.1. The van der Waals surface area contributed by atoms with Crippen molar-refractivity contribution in [2.45, 2.75) is 38.4 Å². The van der Waals surface area contributed by atoms with Gasteiger partial charge >= 0.3 is 0 Å². The molecule has 0 atom stereocenters. The van der Waals surface area contributed by atoms with Gasteiger partial charge in [-0.15, -0.1) is 0 Å². The van der Waals surface area contributed by atoms with Crippen LogP contribution in [0.15, 0.2) is 47.7 Å². The summed E-state index contributed by atoms with van der Waals surface area (Å²) in [6.07, 6.45) is 9.08. The first-order valence-electron chi connectivity index (χ1n) is 10.4. The minimum Gasteiger partial charge on any atom is -0.312 e. The number of fused-ring (bicyclic) bond motifs is 2. The number of rotatable bonds is 2. The van der Waals surface area contributed by atoms with Crippen molar-refractivity contribution in [3.8, 4) is 17.2 Å². The van der Waals surface area contributed by atoms with E-state index in [-0.39, 0.29) is 18.3 Å². The standard InChI is InChI=1S/C23H22BN5O/c1-15-9-17(10-18-13-28(2)27-22(15)18)21-11-16-5-8-29(23(30)20(16)12-26-21)19-3-6-24(14-25)7-4-19/h5,8-13,19H,3-4,6-7H2,1-2H3. The molecule has 4 aromatic rings. The van der Waals surface area contributed by atoms with Crippen LogP contribution in [-0.4, -0.2) is 26.0 Å². The zero-order valence-corrected chi connectivity index (χ0v) is 17.2. The van der Waals surface area contributed by atoms with Crippen molar-refractivity contribution in [2.24, 2.45) is 7.05 Å². The predicted molar refractivity (Wildman–Crippen MR) is 120 cm³/mol. The average Bonchev–Trinajstić information content (AvgIpc) is 3.15. The number of hydrogen-bond acceptors (Lipinski definition) is 4. The first-order valence-corrected chi connectivity index (χ1v) is 10.4. The Morgan fingerprint density at radius 2 is 2.00 bits per heavy atom. The second kappa shape index (κ2) is 7.14. The molecule has 0 spiro atoms. The maximum Gasteiger partial charge on any atom is 0.268 e. The second-order valence-corrected chi connectivity index (χ2v) is 8.35. The summed E-state index contributed by atoms with van der Waals surface area (Å²) in [5.74, 6) is 2.36. The van der Waals surface area contributed by atoms with Crippen molar-refractivity contribution in [1.29, 1.82) is 5.26 Å². The summed E-state index contributed by atoms with van der Waals surface area (Å²) in [6, 6.07) is 8.36. The fraction of sp³-hybridized carbons (Fsp3) is 0.304. The van der Waals surface area contributed by atoms with E-state index < -0.39 is 0 Å². The monoisotopic (exact) mass is 395 g/mol. The van der Waals surface area contributed by atoms with Crippen LogP contribution in [0.3, 0.4) is 0 Å². The molecule has 0 bridgehead atoms. The highest BCUT2D eigenvalue weighted by Crippen LogP contribution is 2.30. The molecule has 1 fully saturated rings. The third-order valence-electron chi connectivity index (χ3n) is 6.30. The Hall–Kier alpha value is -3.40. The summed E-state index contributed by atoms with van der Waals surface area (Å²) in [4.78, 5) is 17.7. The number of nitrogens with zero attached hydrogens (tertiary/aromatic N) is 5. The molecule has 0 saturated carbocycles. The van der Waals surface area contributed by atoms with Crippen LogP contribution < -0.4 is 5.56 Å². The summed E-state index contributed by atoms with van der Waals surface area (Å²) >= 11 is 0. The van der Waals surface area contributed by atoms with Crippen LogP contribution in [0.25, 0.3) is 32.9 Å². The van der Waals surface area contributed by atoms with E-state index in [0.29, 0.717) is 5.39 Å². The van der Waals surface area contributed by atoms with Crippen molar-refractivity contribution in [2.75, 3.05) is 0 Å². The third-order valence-corrected chi connectivity index (χ3v) is 6.30. The third kappa shape index (κ3) is 3.09. The molecular formula is C23H22BN5O. The van der Waals surface area contributed by atoms with Gasteiger partial charge in [0.1, 0.15) is 0 Å². The van der Waals surface area contributed by atoms with Crippen LogP contribution in [-0.2, 0) is 7.05 Å². The molecule has 1 aliphatic rings.